The van der Waals surface area contributed by atoms with Crippen molar-refractivity contribution in [3.63, 3.8) is 0 Å². The van der Waals surface area contributed by atoms with Crippen molar-refractivity contribution in [2.75, 3.05) is 6.54 Å². The number of hydrogen-bond donors (Lipinski definition) is 1. The number of fused-ring (bicyclic) bond motifs is 3. The molecule has 1 aromatic carbocycles. The average molecular weight is 293 g/mol. The zero-order chi connectivity index (χ0) is 13.4. The van der Waals surface area contributed by atoms with E-state index >= 15 is 0 Å². The highest BCUT2D eigenvalue weighted by Crippen LogP contribution is 2.40. The van der Waals surface area contributed by atoms with Crippen LogP contribution in [0.25, 0.3) is 11.3 Å². The normalized spacial score (nSPS) is 12.8. The van der Waals surface area contributed by atoms with Crippen LogP contribution >= 0.6 is 22.9 Å². The molecule has 1 aromatic heterocycles. The minimum atomic E-state index is 0.676. The second-order valence-electron chi connectivity index (χ2n) is 5.38. The molecule has 0 saturated carbocycles. The van der Waals surface area contributed by atoms with E-state index in [4.69, 9.17) is 16.6 Å². The van der Waals surface area contributed by atoms with Gasteiger partial charge in [-0.1, -0.05) is 31.5 Å². The fourth-order valence-corrected chi connectivity index (χ4v) is 3.66. The lowest BCUT2D eigenvalue weighted by Crippen LogP contribution is -2.18. The van der Waals surface area contributed by atoms with E-state index in [1.165, 1.54) is 21.0 Å². The predicted octanol–water partition coefficient (Wildman–Crippen LogP) is 4.11. The maximum atomic E-state index is 6.04. The van der Waals surface area contributed by atoms with Gasteiger partial charge >= 0.3 is 0 Å². The first-order valence-electron chi connectivity index (χ1n) is 6.61. The van der Waals surface area contributed by atoms with E-state index in [-0.39, 0.29) is 0 Å². The zero-order valence-electron chi connectivity index (χ0n) is 11.2. The quantitative estimate of drug-likeness (QED) is 0.783. The van der Waals surface area contributed by atoms with Crippen molar-refractivity contribution in [3.05, 3.63) is 38.7 Å². The van der Waals surface area contributed by atoms with Crippen LogP contribution in [0.4, 0.5) is 0 Å². The van der Waals surface area contributed by atoms with Crippen molar-refractivity contribution >= 4 is 22.9 Å². The summed E-state index contributed by atoms with van der Waals surface area (Å²) < 4.78 is 0. The third kappa shape index (κ3) is 2.69. The second kappa shape index (κ2) is 5.23. The predicted molar refractivity (Wildman–Crippen MR) is 81.9 cm³/mol. The molecule has 4 heteroatoms. The van der Waals surface area contributed by atoms with Gasteiger partial charge in [-0.3, -0.25) is 0 Å². The topological polar surface area (TPSA) is 24.9 Å². The molecule has 1 aliphatic carbocycles. The summed E-state index contributed by atoms with van der Waals surface area (Å²) in [5.74, 6) is 0.676. The van der Waals surface area contributed by atoms with Crippen LogP contribution in [0.2, 0.25) is 5.02 Å². The highest BCUT2D eigenvalue weighted by atomic mass is 35.5. The zero-order valence-corrected chi connectivity index (χ0v) is 12.7. The number of benzene rings is 1. The van der Waals surface area contributed by atoms with E-state index in [9.17, 15) is 0 Å². The van der Waals surface area contributed by atoms with Crippen LogP contribution in [0, 0.1) is 5.92 Å². The lowest BCUT2D eigenvalue weighted by molar-refractivity contribution is 0.551. The minimum Gasteiger partial charge on any atom is -0.310 e. The summed E-state index contributed by atoms with van der Waals surface area (Å²) in [5.41, 5.74) is 3.73. The molecule has 0 spiro atoms. The molecule has 0 fully saturated rings. The molecular weight excluding hydrogens is 276 g/mol. The molecule has 1 N–H and O–H groups in total. The monoisotopic (exact) mass is 292 g/mol. The van der Waals surface area contributed by atoms with Crippen LogP contribution in [0.5, 0.6) is 0 Å². The number of halogens is 1. The average Bonchev–Trinajstić information content (AvgIpc) is 2.84. The number of rotatable bonds is 4. The van der Waals surface area contributed by atoms with Gasteiger partial charge in [-0.25, -0.2) is 4.98 Å². The van der Waals surface area contributed by atoms with Crippen molar-refractivity contribution < 1.29 is 0 Å². The van der Waals surface area contributed by atoms with Gasteiger partial charge in [0, 0.05) is 28.4 Å². The maximum absolute atomic E-state index is 6.04. The number of thiazole rings is 1. The Balaban J connectivity index is 1.78. The molecule has 0 amide bonds. The van der Waals surface area contributed by atoms with Crippen LogP contribution in [0.15, 0.2) is 18.2 Å². The van der Waals surface area contributed by atoms with E-state index < -0.39 is 0 Å². The number of nitrogens with one attached hydrogen (secondary N) is 1. The molecular formula is C15H17ClN2S. The van der Waals surface area contributed by atoms with Crippen molar-refractivity contribution in [2.24, 2.45) is 5.92 Å². The Morgan fingerprint density at radius 1 is 1.42 bits per heavy atom. The minimum absolute atomic E-state index is 0.676. The number of hydrogen-bond acceptors (Lipinski definition) is 3. The molecule has 0 atom stereocenters. The first-order valence-corrected chi connectivity index (χ1v) is 7.81. The van der Waals surface area contributed by atoms with Crippen LogP contribution in [-0.4, -0.2) is 11.5 Å². The third-order valence-corrected chi connectivity index (χ3v) is 4.53. The first kappa shape index (κ1) is 13.1. The largest absolute Gasteiger partial charge is 0.310 e. The van der Waals surface area contributed by atoms with Gasteiger partial charge in [0.2, 0.25) is 0 Å². The Hall–Kier alpha value is -0.900. The Labute approximate surface area is 122 Å². The van der Waals surface area contributed by atoms with E-state index in [1.54, 1.807) is 0 Å². The van der Waals surface area contributed by atoms with Crippen molar-refractivity contribution in [2.45, 2.75) is 26.8 Å². The van der Waals surface area contributed by atoms with Crippen molar-refractivity contribution in [1.29, 1.82) is 0 Å². The molecule has 19 heavy (non-hydrogen) atoms. The smallest absolute Gasteiger partial charge is 0.107 e. The maximum Gasteiger partial charge on any atom is 0.107 e. The Bertz CT molecular complexity index is 604. The first-order chi connectivity index (χ1) is 9.13. The van der Waals surface area contributed by atoms with Gasteiger partial charge in [-0.05, 0) is 30.2 Å². The van der Waals surface area contributed by atoms with Crippen LogP contribution in [0.1, 0.15) is 29.3 Å². The molecule has 1 heterocycles. The Morgan fingerprint density at radius 2 is 2.26 bits per heavy atom. The van der Waals surface area contributed by atoms with Crippen molar-refractivity contribution in [1.82, 2.24) is 10.3 Å². The van der Waals surface area contributed by atoms with E-state index in [1.807, 2.05) is 17.4 Å². The highest BCUT2D eigenvalue weighted by molar-refractivity contribution is 7.12. The summed E-state index contributed by atoms with van der Waals surface area (Å²) in [6.07, 6.45) is 0.979. The van der Waals surface area contributed by atoms with Crippen LogP contribution in [0.3, 0.4) is 0 Å². The summed E-state index contributed by atoms with van der Waals surface area (Å²) in [4.78, 5) is 6.15. The van der Waals surface area contributed by atoms with Gasteiger partial charge in [0.15, 0.2) is 0 Å². The molecule has 0 saturated heterocycles. The van der Waals surface area contributed by atoms with Crippen molar-refractivity contribution in [3.8, 4) is 11.3 Å². The molecule has 0 bridgehead atoms. The van der Waals surface area contributed by atoms with Gasteiger partial charge in [0.05, 0.1) is 5.69 Å². The van der Waals surface area contributed by atoms with Gasteiger partial charge in [-0.15, -0.1) is 11.3 Å². The summed E-state index contributed by atoms with van der Waals surface area (Å²) in [6.45, 7) is 6.35. The Kier molecular flexibility index (Phi) is 3.61. The van der Waals surface area contributed by atoms with Gasteiger partial charge in [0.1, 0.15) is 5.01 Å². The molecule has 2 nitrogen and oxygen atoms in total. The molecule has 1 aliphatic rings. The summed E-state index contributed by atoms with van der Waals surface area (Å²) in [7, 11) is 0. The molecule has 3 rings (SSSR count). The van der Waals surface area contributed by atoms with Gasteiger partial charge in [-0.2, -0.15) is 0 Å². The molecule has 0 radical (unpaired) electrons. The fourth-order valence-electron chi connectivity index (χ4n) is 2.39. The SMILES string of the molecule is CC(C)CNCc1nc2c(s1)Cc1cc(Cl)ccc1-2. The van der Waals surface area contributed by atoms with E-state index in [0.29, 0.717) is 5.92 Å². The summed E-state index contributed by atoms with van der Waals surface area (Å²) in [6, 6.07) is 6.10. The second-order valence-corrected chi connectivity index (χ2v) is 6.99. The van der Waals surface area contributed by atoms with Gasteiger partial charge < -0.3 is 5.32 Å². The highest BCUT2D eigenvalue weighted by Gasteiger charge is 2.23. The summed E-state index contributed by atoms with van der Waals surface area (Å²) in [5, 5.41) is 5.45. The van der Waals surface area contributed by atoms with E-state index in [0.717, 1.165) is 30.2 Å². The summed E-state index contributed by atoms with van der Waals surface area (Å²) >= 11 is 7.86. The fraction of sp³-hybridized carbons (Fsp3) is 0.400. The third-order valence-electron chi connectivity index (χ3n) is 3.24. The van der Waals surface area contributed by atoms with Gasteiger partial charge in [0.25, 0.3) is 0 Å². The molecule has 2 aromatic rings. The number of aromatic nitrogens is 1. The van der Waals surface area contributed by atoms with Crippen LogP contribution < -0.4 is 5.32 Å². The molecule has 0 unspecified atom stereocenters. The Morgan fingerprint density at radius 3 is 3.05 bits per heavy atom. The lowest BCUT2D eigenvalue weighted by atomic mass is 10.1. The van der Waals surface area contributed by atoms with E-state index in [2.05, 4.69) is 31.3 Å². The van der Waals surface area contributed by atoms with Crippen LogP contribution in [-0.2, 0) is 13.0 Å². The standard InChI is InChI=1S/C15H17ClN2S/c1-9(2)7-17-8-14-18-15-12-4-3-11(16)5-10(12)6-13(15)19-14/h3-5,9,17H,6-8H2,1-2H3. The molecule has 0 aliphatic heterocycles. The lowest BCUT2D eigenvalue weighted by Gasteiger charge is -2.05. The molecule has 100 valence electrons. The number of nitrogens with zero attached hydrogens (tertiary/aromatic N) is 1.